The fourth-order valence-corrected chi connectivity index (χ4v) is 8.77. The van der Waals surface area contributed by atoms with Crippen molar-refractivity contribution in [2.45, 2.75) is 19.3 Å². The summed E-state index contributed by atoms with van der Waals surface area (Å²) in [7, 11) is 0. The molecule has 1 aromatic heterocycles. The van der Waals surface area contributed by atoms with Gasteiger partial charge in [-0.25, -0.2) is 0 Å². The third kappa shape index (κ3) is 3.92. The Kier molecular flexibility index (Phi) is 5.78. The normalized spacial score (nSPS) is 13.3. The van der Waals surface area contributed by atoms with E-state index in [9.17, 15) is 0 Å². The van der Waals surface area contributed by atoms with E-state index in [1.54, 1.807) is 0 Å². The van der Waals surface area contributed by atoms with Gasteiger partial charge in [0.25, 0.3) is 0 Å². The van der Waals surface area contributed by atoms with Crippen molar-refractivity contribution in [2.24, 2.45) is 0 Å². The number of nitrogens with zero attached hydrogens (tertiary/aromatic N) is 1. The Hall–Kier alpha value is -5.18. The lowest BCUT2D eigenvalue weighted by molar-refractivity contribution is 0.660. The summed E-state index contributed by atoms with van der Waals surface area (Å²) in [4.78, 5) is 2.43. The van der Waals surface area contributed by atoms with Gasteiger partial charge in [0.15, 0.2) is 0 Å². The maximum Gasteiger partial charge on any atom is 0.0543 e. The van der Waals surface area contributed by atoms with Crippen molar-refractivity contribution in [3.63, 3.8) is 0 Å². The molecule has 0 atom stereocenters. The highest BCUT2D eigenvalue weighted by Crippen LogP contribution is 2.54. The first-order valence-corrected chi connectivity index (χ1v) is 16.4. The smallest absolute Gasteiger partial charge is 0.0543 e. The van der Waals surface area contributed by atoms with Crippen molar-refractivity contribution >= 4 is 59.3 Å². The van der Waals surface area contributed by atoms with Gasteiger partial charge >= 0.3 is 0 Å². The van der Waals surface area contributed by atoms with Gasteiger partial charge in [-0.3, -0.25) is 0 Å². The van der Waals surface area contributed by atoms with Crippen molar-refractivity contribution in [1.29, 1.82) is 0 Å². The number of para-hydroxylation sites is 1. The monoisotopic (exact) mass is 593 g/mol. The highest BCUT2D eigenvalue weighted by atomic mass is 32.1. The Morgan fingerprint density at radius 1 is 0.533 bits per heavy atom. The van der Waals surface area contributed by atoms with Crippen molar-refractivity contribution in [3.05, 3.63) is 163 Å². The third-order valence-electron chi connectivity index (χ3n) is 9.65. The molecule has 0 amide bonds. The fourth-order valence-electron chi connectivity index (χ4n) is 7.50. The van der Waals surface area contributed by atoms with Crippen molar-refractivity contribution in [2.75, 3.05) is 4.90 Å². The minimum atomic E-state index is -0.0566. The van der Waals surface area contributed by atoms with Gasteiger partial charge in [0.1, 0.15) is 0 Å². The number of hydrogen-bond acceptors (Lipinski definition) is 2. The molecule has 0 saturated heterocycles. The highest BCUT2D eigenvalue weighted by Gasteiger charge is 2.37. The number of rotatable bonds is 4. The van der Waals surface area contributed by atoms with Crippen LogP contribution in [0.25, 0.3) is 53.2 Å². The van der Waals surface area contributed by atoms with Crippen LogP contribution in [-0.4, -0.2) is 0 Å². The number of fused-ring (bicyclic) bond motifs is 8. The van der Waals surface area contributed by atoms with Crippen LogP contribution in [0, 0.1) is 0 Å². The van der Waals surface area contributed by atoms with Crippen molar-refractivity contribution in [3.8, 4) is 22.3 Å². The Morgan fingerprint density at radius 2 is 1.20 bits per heavy atom. The molecule has 9 rings (SSSR count). The maximum atomic E-state index is 2.43. The van der Waals surface area contributed by atoms with E-state index in [-0.39, 0.29) is 5.41 Å². The molecule has 0 spiro atoms. The first kappa shape index (κ1) is 26.2. The Labute approximate surface area is 267 Å². The SMILES string of the molecule is CC1(C)c2ccccc2-c2c(N(c3ccccc3)c3ccc(-c4cc5ccccc5c5sc6ccccc6c45)cc3)cccc21. The van der Waals surface area contributed by atoms with Crippen LogP contribution in [0.3, 0.4) is 0 Å². The molecule has 0 saturated carbocycles. The van der Waals surface area contributed by atoms with Gasteiger partial charge in [0.05, 0.1) is 5.69 Å². The molecular formula is C43H31NS. The van der Waals surface area contributed by atoms with Gasteiger partial charge in [-0.1, -0.05) is 123 Å². The minimum absolute atomic E-state index is 0.0566. The van der Waals surface area contributed by atoms with E-state index >= 15 is 0 Å². The summed E-state index contributed by atoms with van der Waals surface area (Å²) in [5, 5.41) is 5.28. The van der Waals surface area contributed by atoms with Crippen LogP contribution in [0.4, 0.5) is 17.1 Å². The summed E-state index contributed by atoms with van der Waals surface area (Å²) < 4.78 is 2.69. The van der Waals surface area contributed by atoms with E-state index in [0.717, 1.165) is 11.4 Å². The molecule has 0 aliphatic heterocycles. The van der Waals surface area contributed by atoms with Gasteiger partial charge < -0.3 is 4.90 Å². The number of thiophene rings is 1. The molecule has 1 aliphatic carbocycles. The van der Waals surface area contributed by atoms with Crippen LogP contribution in [0.5, 0.6) is 0 Å². The average molecular weight is 594 g/mol. The van der Waals surface area contributed by atoms with E-state index in [4.69, 9.17) is 0 Å². The summed E-state index contributed by atoms with van der Waals surface area (Å²) in [6, 6.07) is 55.7. The Morgan fingerprint density at radius 3 is 2.04 bits per heavy atom. The summed E-state index contributed by atoms with van der Waals surface area (Å²) in [6.07, 6.45) is 0. The van der Waals surface area contributed by atoms with Crippen molar-refractivity contribution < 1.29 is 0 Å². The van der Waals surface area contributed by atoms with Crippen molar-refractivity contribution in [1.82, 2.24) is 0 Å². The zero-order chi connectivity index (χ0) is 30.1. The standard InChI is InChI=1S/C43H31NS/c1-43(2)36-19-10-8-17-33(36)41-37(43)20-12-21-38(41)44(30-14-4-3-5-15-30)31-25-23-28(24-26-31)35-27-29-13-6-7-16-32(29)42-40(35)34-18-9-11-22-39(34)45-42/h3-27H,1-2H3. The van der Waals surface area contributed by atoms with E-state index in [1.165, 1.54) is 70.0 Å². The molecule has 0 bridgehead atoms. The predicted molar refractivity (Wildman–Crippen MR) is 195 cm³/mol. The molecular weight excluding hydrogens is 563 g/mol. The molecule has 0 fully saturated rings. The Balaban J connectivity index is 1.25. The molecule has 0 unspecified atom stereocenters. The van der Waals surface area contributed by atoms with Crippen LogP contribution in [-0.2, 0) is 5.41 Å². The summed E-state index contributed by atoms with van der Waals surface area (Å²) in [5.74, 6) is 0. The molecule has 0 N–H and O–H groups in total. The van der Waals surface area contributed by atoms with Crippen LogP contribution in [0.15, 0.2) is 152 Å². The number of anilines is 3. The van der Waals surface area contributed by atoms with Crippen LogP contribution in [0.2, 0.25) is 0 Å². The second-order valence-corrected chi connectivity index (χ2v) is 13.6. The molecule has 0 radical (unpaired) electrons. The lowest BCUT2D eigenvalue weighted by Gasteiger charge is -2.29. The third-order valence-corrected chi connectivity index (χ3v) is 10.9. The van der Waals surface area contributed by atoms with Crippen LogP contribution in [0.1, 0.15) is 25.0 Å². The maximum absolute atomic E-state index is 2.43. The van der Waals surface area contributed by atoms with Gasteiger partial charge in [0.2, 0.25) is 0 Å². The quantitative estimate of drug-likeness (QED) is 0.196. The van der Waals surface area contributed by atoms with Crippen LogP contribution >= 0.6 is 11.3 Å². The van der Waals surface area contributed by atoms with Crippen LogP contribution < -0.4 is 4.90 Å². The minimum Gasteiger partial charge on any atom is -0.310 e. The van der Waals surface area contributed by atoms with E-state index < -0.39 is 0 Å². The van der Waals surface area contributed by atoms with Gasteiger partial charge in [0, 0.05) is 42.5 Å². The largest absolute Gasteiger partial charge is 0.310 e. The number of hydrogen-bond donors (Lipinski definition) is 0. The second-order valence-electron chi connectivity index (χ2n) is 12.5. The summed E-state index contributed by atoms with van der Waals surface area (Å²) in [5.41, 5.74) is 11.4. The van der Waals surface area contributed by atoms with E-state index in [0.29, 0.717) is 0 Å². The lowest BCUT2D eigenvalue weighted by Crippen LogP contribution is -2.16. The zero-order valence-electron chi connectivity index (χ0n) is 25.3. The van der Waals surface area contributed by atoms with E-state index in [2.05, 4.69) is 170 Å². The second kappa shape index (κ2) is 9.92. The number of benzene rings is 7. The average Bonchev–Trinajstić information content (AvgIpc) is 3.59. The summed E-state index contributed by atoms with van der Waals surface area (Å²) >= 11 is 1.90. The molecule has 1 nitrogen and oxygen atoms in total. The van der Waals surface area contributed by atoms with Gasteiger partial charge in [-0.2, -0.15) is 0 Å². The van der Waals surface area contributed by atoms with E-state index in [1.807, 2.05) is 11.3 Å². The van der Waals surface area contributed by atoms with Gasteiger partial charge in [-0.15, -0.1) is 11.3 Å². The molecule has 1 heterocycles. The van der Waals surface area contributed by atoms with Gasteiger partial charge in [-0.05, 0) is 81.1 Å². The zero-order valence-corrected chi connectivity index (χ0v) is 26.1. The highest BCUT2D eigenvalue weighted by molar-refractivity contribution is 7.26. The molecule has 45 heavy (non-hydrogen) atoms. The molecule has 2 heteroatoms. The molecule has 1 aliphatic rings. The molecule has 7 aromatic carbocycles. The topological polar surface area (TPSA) is 3.24 Å². The predicted octanol–water partition coefficient (Wildman–Crippen LogP) is 12.7. The molecule has 8 aromatic rings. The molecule has 214 valence electrons. The fraction of sp³-hybridized carbons (Fsp3) is 0.0698. The Bertz CT molecular complexity index is 2400. The lowest BCUT2D eigenvalue weighted by atomic mass is 9.82. The summed E-state index contributed by atoms with van der Waals surface area (Å²) in [6.45, 7) is 4.70. The first-order valence-electron chi connectivity index (χ1n) is 15.6. The first-order chi connectivity index (χ1) is 22.1.